The van der Waals surface area contributed by atoms with Gasteiger partial charge in [-0.3, -0.25) is 14.4 Å². The Morgan fingerprint density at radius 2 is 1.86 bits per heavy atom. The van der Waals surface area contributed by atoms with Crippen molar-refractivity contribution in [1.29, 1.82) is 0 Å². The van der Waals surface area contributed by atoms with Crippen LogP contribution in [0.5, 0.6) is 0 Å². The summed E-state index contributed by atoms with van der Waals surface area (Å²) in [6.07, 6.45) is 4.29. The lowest BCUT2D eigenvalue weighted by Crippen LogP contribution is -2.43. The number of nitrogens with two attached hydrogens (primary N) is 2. The first-order valence-electron chi connectivity index (χ1n) is 14.1. The molecule has 0 unspecified atom stereocenters. The number of amidine groups is 1. The highest BCUT2D eigenvalue weighted by atomic mass is 16.7. The summed E-state index contributed by atoms with van der Waals surface area (Å²) in [6.45, 7) is 6.25. The van der Waals surface area contributed by atoms with Crippen LogP contribution in [0.1, 0.15) is 41.3 Å². The van der Waals surface area contributed by atoms with Gasteiger partial charge in [0.25, 0.3) is 11.8 Å². The van der Waals surface area contributed by atoms with Gasteiger partial charge in [-0.25, -0.2) is 15.0 Å². The molecule has 1 saturated heterocycles. The average Bonchev–Trinajstić information content (AvgIpc) is 3.18. The van der Waals surface area contributed by atoms with Gasteiger partial charge in [0.05, 0.1) is 17.6 Å². The molecule has 11 heteroatoms. The molecular formula is C31H36N8O3. The summed E-state index contributed by atoms with van der Waals surface area (Å²) < 4.78 is 0. The van der Waals surface area contributed by atoms with Gasteiger partial charge in [-0.1, -0.05) is 25.1 Å². The summed E-state index contributed by atoms with van der Waals surface area (Å²) in [5, 5.41) is 7.59. The number of anilines is 3. The Labute approximate surface area is 245 Å². The first kappa shape index (κ1) is 28.8. The Balaban J connectivity index is 1.28. The molecule has 2 amide bonds. The van der Waals surface area contributed by atoms with E-state index in [9.17, 15) is 9.59 Å². The lowest BCUT2D eigenvalue weighted by atomic mass is 10.0. The Morgan fingerprint density at radius 3 is 2.57 bits per heavy atom. The zero-order valence-electron chi connectivity index (χ0n) is 23.7. The van der Waals surface area contributed by atoms with Crippen LogP contribution in [0.4, 0.5) is 22.9 Å². The summed E-state index contributed by atoms with van der Waals surface area (Å²) in [5.74, 6) is 0.582. The van der Waals surface area contributed by atoms with E-state index in [4.69, 9.17) is 16.3 Å². The highest BCUT2D eigenvalue weighted by Gasteiger charge is 2.23. The summed E-state index contributed by atoms with van der Waals surface area (Å²) in [6, 6.07) is 16.2. The lowest BCUT2D eigenvalue weighted by Gasteiger charge is -2.28. The molecule has 0 radical (unpaired) electrons. The van der Waals surface area contributed by atoms with Crippen molar-refractivity contribution in [3.05, 3.63) is 83.1 Å². The van der Waals surface area contributed by atoms with Gasteiger partial charge >= 0.3 is 0 Å². The fourth-order valence-electron chi connectivity index (χ4n) is 4.77. The van der Waals surface area contributed by atoms with Crippen LogP contribution < -0.4 is 27.0 Å². The number of rotatable bonds is 9. The van der Waals surface area contributed by atoms with Crippen molar-refractivity contribution < 1.29 is 14.4 Å². The Bertz CT molecular complexity index is 1480. The molecule has 2 aromatic carbocycles. The standard InChI is InChI=1S/C31H36N8O3/c1-2-13-39(42-20-21-3-7-25(32)8-4-21)31(41)24-16-22-5-6-23(17-27(22)37-28(33)18-24)30(40)36-26-9-10-29(35-19-26)38-14-11-34-12-15-38/h3-10,16-17,19,34H,2,11-15,18,20,32H2,1H3,(H2,33,37)(H,36,40). The number of pyridine rings is 1. The summed E-state index contributed by atoms with van der Waals surface area (Å²) >= 11 is 0. The molecule has 1 aromatic heterocycles. The van der Waals surface area contributed by atoms with E-state index < -0.39 is 0 Å². The number of hydrogen-bond acceptors (Lipinski definition) is 9. The van der Waals surface area contributed by atoms with E-state index in [2.05, 4.69) is 25.5 Å². The van der Waals surface area contributed by atoms with Crippen molar-refractivity contribution in [3.8, 4) is 0 Å². The third-order valence-electron chi connectivity index (χ3n) is 7.00. The molecule has 6 N–H and O–H groups in total. The molecule has 11 nitrogen and oxygen atoms in total. The van der Waals surface area contributed by atoms with Crippen LogP contribution in [-0.2, 0) is 16.2 Å². The number of hydroxylamine groups is 2. The van der Waals surface area contributed by atoms with Crippen molar-refractivity contribution in [2.75, 3.05) is 48.7 Å². The topological polar surface area (TPSA) is 151 Å². The maximum Gasteiger partial charge on any atom is 0.273 e. The van der Waals surface area contributed by atoms with E-state index in [0.717, 1.165) is 37.6 Å². The second-order valence-electron chi connectivity index (χ2n) is 10.2. The molecule has 0 atom stereocenters. The smallest absolute Gasteiger partial charge is 0.273 e. The molecule has 42 heavy (non-hydrogen) atoms. The highest BCUT2D eigenvalue weighted by Crippen LogP contribution is 2.29. The molecule has 0 bridgehead atoms. The van der Waals surface area contributed by atoms with Gasteiger partial charge in [-0.05, 0) is 54.5 Å². The minimum atomic E-state index is -0.294. The number of hydrogen-bond donors (Lipinski definition) is 4. The van der Waals surface area contributed by atoms with E-state index >= 15 is 0 Å². The average molecular weight is 569 g/mol. The minimum Gasteiger partial charge on any atom is -0.399 e. The van der Waals surface area contributed by atoms with Gasteiger partial charge in [-0.15, -0.1) is 0 Å². The van der Waals surface area contributed by atoms with Gasteiger partial charge in [0, 0.05) is 61.5 Å². The molecule has 3 heterocycles. The maximum atomic E-state index is 13.5. The minimum absolute atomic E-state index is 0.158. The van der Waals surface area contributed by atoms with Crippen molar-refractivity contribution in [3.63, 3.8) is 0 Å². The molecule has 218 valence electrons. The predicted octanol–water partition coefficient (Wildman–Crippen LogP) is 3.47. The third kappa shape index (κ3) is 7.12. The summed E-state index contributed by atoms with van der Waals surface area (Å²) in [7, 11) is 0. The molecule has 0 saturated carbocycles. The van der Waals surface area contributed by atoms with E-state index in [1.165, 1.54) is 5.06 Å². The number of carbonyl (C=O) groups is 2. The number of benzene rings is 2. The first-order valence-corrected chi connectivity index (χ1v) is 14.1. The van der Waals surface area contributed by atoms with E-state index in [-0.39, 0.29) is 30.7 Å². The number of amides is 2. The van der Waals surface area contributed by atoms with Crippen LogP contribution in [0.2, 0.25) is 0 Å². The SMILES string of the molecule is CCCN(OCc1ccc(N)cc1)C(=O)C1=Cc2ccc(C(=O)Nc3ccc(N4CCNCC4)nc3)cc2N=C(N)C1. The molecule has 3 aromatic rings. The van der Waals surface area contributed by atoms with E-state index in [0.29, 0.717) is 46.7 Å². The third-order valence-corrected chi connectivity index (χ3v) is 7.00. The molecule has 2 aliphatic heterocycles. The van der Waals surface area contributed by atoms with Crippen LogP contribution in [-0.4, -0.2) is 60.4 Å². The number of nitrogens with one attached hydrogen (secondary N) is 2. The number of nitrogen functional groups attached to an aromatic ring is 1. The molecule has 2 aliphatic rings. The van der Waals surface area contributed by atoms with Crippen molar-refractivity contribution in [1.82, 2.24) is 15.4 Å². The highest BCUT2D eigenvalue weighted by molar-refractivity contribution is 6.07. The molecular weight excluding hydrogens is 532 g/mol. The van der Waals surface area contributed by atoms with Gasteiger partial charge in [0.2, 0.25) is 0 Å². The fourth-order valence-corrected chi connectivity index (χ4v) is 4.77. The number of nitrogens with zero attached hydrogens (tertiary/aromatic N) is 4. The second-order valence-corrected chi connectivity index (χ2v) is 10.2. The van der Waals surface area contributed by atoms with Gasteiger partial charge in [-0.2, -0.15) is 0 Å². The molecule has 0 aliphatic carbocycles. The fraction of sp³-hybridized carbons (Fsp3) is 0.290. The first-order chi connectivity index (χ1) is 20.4. The zero-order valence-corrected chi connectivity index (χ0v) is 23.7. The molecule has 1 fully saturated rings. The lowest BCUT2D eigenvalue weighted by molar-refractivity contribution is -0.187. The largest absolute Gasteiger partial charge is 0.399 e. The van der Waals surface area contributed by atoms with Crippen molar-refractivity contribution in [2.45, 2.75) is 26.4 Å². The number of piperazine rings is 1. The number of aromatic nitrogens is 1. The van der Waals surface area contributed by atoms with Crippen LogP contribution >= 0.6 is 0 Å². The maximum absolute atomic E-state index is 13.5. The monoisotopic (exact) mass is 568 g/mol. The number of aliphatic imine (C=N–C) groups is 1. The summed E-state index contributed by atoms with van der Waals surface area (Å²) in [5.41, 5.74) is 16.2. The summed E-state index contributed by atoms with van der Waals surface area (Å²) in [4.78, 5) is 43.7. The zero-order chi connectivity index (χ0) is 29.5. The normalized spacial score (nSPS) is 14.7. The van der Waals surface area contributed by atoms with Crippen molar-refractivity contribution >= 4 is 46.6 Å². The van der Waals surface area contributed by atoms with Gasteiger partial charge < -0.3 is 27.0 Å². The van der Waals surface area contributed by atoms with E-state index in [1.807, 2.05) is 31.2 Å². The Morgan fingerprint density at radius 1 is 1.07 bits per heavy atom. The Kier molecular flexibility index (Phi) is 9.10. The van der Waals surface area contributed by atoms with Crippen LogP contribution in [0.3, 0.4) is 0 Å². The van der Waals surface area contributed by atoms with Gasteiger partial charge in [0.15, 0.2) is 0 Å². The quantitative estimate of drug-likeness (QED) is 0.226. The van der Waals surface area contributed by atoms with Crippen LogP contribution in [0, 0.1) is 0 Å². The molecule has 0 spiro atoms. The van der Waals surface area contributed by atoms with Crippen LogP contribution in [0.25, 0.3) is 6.08 Å². The van der Waals surface area contributed by atoms with Crippen molar-refractivity contribution in [2.24, 2.45) is 10.7 Å². The number of carbonyl (C=O) groups excluding carboxylic acids is 2. The predicted molar refractivity (Wildman–Crippen MR) is 165 cm³/mol. The second kappa shape index (κ2) is 13.3. The van der Waals surface area contributed by atoms with E-state index in [1.54, 1.807) is 42.6 Å². The number of fused-ring (bicyclic) bond motifs is 1. The van der Waals surface area contributed by atoms with Crippen LogP contribution in [0.15, 0.2) is 71.4 Å². The Hall–Kier alpha value is -4.74. The molecule has 5 rings (SSSR count). The van der Waals surface area contributed by atoms with Gasteiger partial charge in [0.1, 0.15) is 18.3 Å².